The van der Waals surface area contributed by atoms with E-state index in [1.165, 1.54) is 19.5 Å². The molecule has 0 aliphatic rings. The predicted molar refractivity (Wildman–Crippen MR) is 67.4 cm³/mol. The first-order chi connectivity index (χ1) is 8.61. The van der Waals surface area contributed by atoms with Gasteiger partial charge in [0.05, 0.1) is 12.8 Å². The van der Waals surface area contributed by atoms with Crippen molar-refractivity contribution >= 4 is 17.3 Å². The molecule has 0 fully saturated rings. The van der Waals surface area contributed by atoms with Gasteiger partial charge in [0, 0.05) is 0 Å². The summed E-state index contributed by atoms with van der Waals surface area (Å²) < 4.78 is 18.8. The van der Waals surface area contributed by atoms with Crippen molar-refractivity contribution in [3.05, 3.63) is 35.9 Å². The summed E-state index contributed by atoms with van der Waals surface area (Å²) >= 11 is 0. The van der Waals surface area contributed by atoms with Gasteiger partial charge in [-0.2, -0.15) is 0 Å². The van der Waals surface area contributed by atoms with E-state index in [1.807, 2.05) is 6.92 Å². The lowest BCUT2D eigenvalue weighted by Crippen LogP contribution is -2.03. The first kappa shape index (κ1) is 12.1. The maximum absolute atomic E-state index is 13.7. The highest BCUT2D eigenvalue weighted by Crippen LogP contribution is 2.30. The van der Waals surface area contributed by atoms with Crippen molar-refractivity contribution in [1.29, 1.82) is 0 Å². The van der Waals surface area contributed by atoms with Crippen molar-refractivity contribution in [3.63, 3.8) is 0 Å². The molecule has 2 rings (SSSR count). The number of methoxy groups -OCH3 is 1. The Morgan fingerprint density at radius 2 is 2.11 bits per heavy atom. The molecule has 0 unspecified atom stereocenters. The average Bonchev–Trinajstić information content (AvgIpc) is 2.33. The second kappa shape index (κ2) is 4.87. The molecule has 5 nitrogen and oxygen atoms in total. The lowest BCUT2D eigenvalue weighted by molar-refractivity contribution is 0.415. The van der Waals surface area contributed by atoms with Gasteiger partial charge in [-0.05, 0) is 24.6 Å². The molecule has 0 aliphatic carbocycles. The number of nitrogen functional groups attached to an aromatic ring is 1. The van der Waals surface area contributed by atoms with Gasteiger partial charge in [-0.1, -0.05) is 6.07 Å². The van der Waals surface area contributed by atoms with E-state index in [2.05, 4.69) is 15.3 Å². The third-order valence-electron chi connectivity index (χ3n) is 2.41. The second-order valence-electron chi connectivity index (χ2n) is 3.75. The lowest BCUT2D eigenvalue weighted by atomic mass is 10.2. The molecule has 0 bridgehead atoms. The Morgan fingerprint density at radius 1 is 1.33 bits per heavy atom. The summed E-state index contributed by atoms with van der Waals surface area (Å²) in [6, 6.07) is 4.85. The molecule has 6 heteroatoms. The summed E-state index contributed by atoms with van der Waals surface area (Å²) in [6.45, 7) is 1.82. The molecule has 2 aromatic rings. The Bertz CT molecular complexity index is 574. The van der Waals surface area contributed by atoms with Gasteiger partial charge in [0.1, 0.15) is 12.1 Å². The van der Waals surface area contributed by atoms with Gasteiger partial charge in [0.15, 0.2) is 11.6 Å². The summed E-state index contributed by atoms with van der Waals surface area (Å²) in [7, 11) is 1.45. The summed E-state index contributed by atoms with van der Waals surface area (Å²) in [5, 5.41) is 2.83. The number of halogens is 1. The maximum atomic E-state index is 13.7. The molecule has 3 N–H and O–H groups in total. The molecule has 0 saturated carbocycles. The molecule has 0 amide bonds. The minimum atomic E-state index is -0.366. The van der Waals surface area contributed by atoms with Crippen LogP contribution in [-0.2, 0) is 0 Å². The SMILES string of the molecule is COc1c(N)ncnc1Nc1ccc(C)cc1F. The molecule has 0 spiro atoms. The monoisotopic (exact) mass is 248 g/mol. The average molecular weight is 248 g/mol. The molecule has 0 saturated heterocycles. The van der Waals surface area contributed by atoms with Crippen LogP contribution in [0.1, 0.15) is 5.56 Å². The zero-order valence-corrected chi connectivity index (χ0v) is 10.1. The van der Waals surface area contributed by atoms with Crippen LogP contribution in [0.15, 0.2) is 24.5 Å². The number of benzene rings is 1. The Hall–Kier alpha value is -2.37. The number of aryl methyl sites for hydroxylation is 1. The topological polar surface area (TPSA) is 73.1 Å². The van der Waals surface area contributed by atoms with Crippen LogP contribution in [0, 0.1) is 12.7 Å². The fourth-order valence-electron chi connectivity index (χ4n) is 1.53. The Balaban J connectivity index is 2.37. The van der Waals surface area contributed by atoms with Gasteiger partial charge in [-0.3, -0.25) is 0 Å². The minimum absolute atomic E-state index is 0.197. The number of nitrogens with two attached hydrogens (primary N) is 1. The first-order valence-corrected chi connectivity index (χ1v) is 5.29. The van der Waals surface area contributed by atoms with Gasteiger partial charge in [-0.15, -0.1) is 0 Å². The standard InChI is InChI=1S/C12H13FN4O/c1-7-3-4-9(8(13)5-7)17-12-10(18-2)11(14)15-6-16-12/h3-6H,1-2H3,(H3,14,15,16,17). The number of aromatic nitrogens is 2. The largest absolute Gasteiger partial charge is 0.490 e. The summed E-state index contributed by atoms with van der Waals surface area (Å²) in [6.07, 6.45) is 1.28. The molecule has 1 aromatic carbocycles. The first-order valence-electron chi connectivity index (χ1n) is 5.29. The molecule has 0 aliphatic heterocycles. The number of nitrogens with zero attached hydrogens (tertiary/aromatic N) is 2. The van der Waals surface area contributed by atoms with Crippen molar-refractivity contribution in [2.45, 2.75) is 6.92 Å². The highest BCUT2D eigenvalue weighted by Gasteiger charge is 2.11. The fourth-order valence-corrected chi connectivity index (χ4v) is 1.53. The van der Waals surface area contributed by atoms with Crippen LogP contribution >= 0.6 is 0 Å². The van der Waals surface area contributed by atoms with Crippen LogP contribution in [0.3, 0.4) is 0 Å². The normalized spacial score (nSPS) is 10.2. The van der Waals surface area contributed by atoms with Crippen LogP contribution in [0.2, 0.25) is 0 Å². The van der Waals surface area contributed by atoms with E-state index in [4.69, 9.17) is 10.5 Å². The van der Waals surface area contributed by atoms with Crippen LogP contribution in [-0.4, -0.2) is 17.1 Å². The van der Waals surface area contributed by atoms with E-state index >= 15 is 0 Å². The smallest absolute Gasteiger partial charge is 0.204 e. The summed E-state index contributed by atoms with van der Waals surface area (Å²) in [5.41, 5.74) is 6.78. The summed E-state index contributed by atoms with van der Waals surface area (Å²) in [4.78, 5) is 7.77. The number of rotatable bonds is 3. The van der Waals surface area contributed by atoms with Crippen molar-refractivity contribution < 1.29 is 9.13 Å². The van der Waals surface area contributed by atoms with Gasteiger partial charge in [0.2, 0.25) is 5.75 Å². The molecule has 0 atom stereocenters. The number of ether oxygens (including phenoxy) is 1. The van der Waals surface area contributed by atoms with Crippen LogP contribution in [0.4, 0.5) is 21.7 Å². The molecular formula is C12H13FN4O. The minimum Gasteiger partial charge on any atom is -0.490 e. The molecular weight excluding hydrogens is 235 g/mol. The van der Waals surface area contributed by atoms with Crippen LogP contribution in [0.5, 0.6) is 5.75 Å². The molecule has 94 valence electrons. The van der Waals surface area contributed by atoms with Crippen molar-refractivity contribution in [2.75, 3.05) is 18.2 Å². The van der Waals surface area contributed by atoms with Gasteiger partial charge in [0.25, 0.3) is 0 Å². The molecule has 1 aromatic heterocycles. The number of anilines is 3. The number of nitrogens with one attached hydrogen (secondary N) is 1. The van der Waals surface area contributed by atoms with Gasteiger partial charge < -0.3 is 15.8 Å². The van der Waals surface area contributed by atoms with E-state index in [0.29, 0.717) is 11.5 Å². The molecule has 18 heavy (non-hydrogen) atoms. The third kappa shape index (κ3) is 2.32. The predicted octanol–water partition coefficient (Wildman–Crippen LogP) is 2.26. The zero-order chi connectivity index (χ0) is 13.1. The van der Waals surface area contributed by atoms with Gasteiger partial charge >= 0.3 is 0 Å². The van der Waals surface area contributed by atoms with E-state index in [-0.39, 0.29) is 17.4 Å². The maximum Gasteiger partial charge on any atom is 0.204 e. The van der Waals surface area contributed by atoms with E-state index in [9.17, 15) is 4.39 Å². The lowest BCUT2D eigenvalue weighted by Gasteiger charge is -2.11. The fraction of sp³-hybridized carbons (Fsp3) is 0.167. The summed E-state index contributed by atoms with van der Waals surface area (Å²) in [5.74, 6) is 0.446. The van der Waals surface area contributed by atoms with Gasteiger partial charge in [-0.25, -0.2) is 14.4 Å². The number of hydrogen-bond acceptors (Lipinski definition) is 5. The van der Waals surface area contributed by atoms with Crippen molar-refractivity contribution in [1.82, 2.24) is 9.97 Å². The number of hydrogen-bond donors (Lipinski definition) is 2. The molecule has 0 radical (unpaired) electrons. The third-order valence-corrected chi connectivity index (χ3v) is 2.41. The van der Waals surface area contributed by atoms with Crippen LogP contribution in [0.25, 0.3) is 0 Å². The molecule has 1 heterocycles. The Morgan fingerprint density at radius 3 is 2.78 bits per heavy atom. The second-order valence-corrected chi connectivity index (χ2v) is 3.75. The van der Waals surface area contributed by atoms with Crippen molar-refractivity contribution in [2.24, 2.45) is 0 Å². The Kier molecular flexibility index (Phi) is 3.27. The quantitative estimate of drug-likeness (QED) is 0.871. The van der Waals surface area contributed by atoms with E-state index in [1.54, 1.807) is 12.1 Å². The highest BCUT2D eigenvalue weighted by atomic mass is 19.1. The zero-order valence-electron chi connectivity index (χ0n) is 10.1. The van der Waals surface area contributed by atoms with E-state index < -0.39 is 0 Å². The van der Waals surface area contributed by atoms with Crippen LogP contribution < -0.4 is 15.8 Å². The van der Waals surface area contributed by atoms with Crippen molar-refractivity contribution in [3.8, 4) is 5.75 Å². The highest BCUT2D eigenvalue weighted by molar-refractivity contribution is 5.68. The van der Waals surface area contributed by atoms with E-state index in [0.717, 1.165) is 5.56 Å². The Labute approximate surface area is 104 Å².